The van der Waals surface area contributed by atoms with E-state index in [0.29, 0.717) is 26.1 Å². The van der Waals surface area contributed by atoms with E-state index in [1.165, 1.54) is 0 Å². The van der Waals surface area contributed by atoms with E-state index in [2.05, 4.69) is 10.6 Å². The number of nitrogens with one attached hydrogen (secondary N) is 2. The summed E-state index contributed by atoms with van der Waals surface area (Å²) in [6.45, 7) is 3.85. The molecule has 0 aromatic carbocycles. The molecule has 6 nitrogen and oxygen atoms in total. The summed E-state index contributed by atoms with van der Waals surface area (Å²) in [6, 6.07) is -0.731. The van der Waals surface area contributed by atoms with Crippen molar-refractivity contribution in [3.8, 4) is 0 Å². The lowest BCUT2D eigenvalue weighted by atomic mass is 10.1. The summed E-state index contributed by atoms with van der Waals surface area (Å²) in [5.74, 6) is -0.159. The summed E-state index contributed by atoms with van der Waals surface area (Å²) in [7, 11) is 1.75. The lowest BCUT2D eigenvalue weighted by Crippen LogP contribution is -2.57. The molecule has 18 heavy (non-hydrogen) atoms. The molecule has 2 amide bonds. The van der Waals surface area contributed by atoms with E-state index in [0.717, 1.165) is 0 Å². The Bertz CT molecular complexity index is 327. The van der Waals surface area contributed by atoms with E-state index in [-0.39, 0.29) is 42.4 Å². The van der Waals surface area contributed by atoms with Gasteiger partial charge in [-0.05, 0) is 13.3 Å². The van der Waals surface area contributed by atoms with E-state index in [9.17, 15) is 9.59 Å². The molecule has 2 heterocycles. The zero-order valence-corrected chi connectivity index (χ0v) is 11.5. The SMILES string of the molecule is C[C@H]1OCCN[C@@H]1C(=O)NC1CCN(C)C1=O.Cl. The van der Waals surface area contributed by atoms with Gasteiger partial charge in [-0.25, -0.2) is 0 Å². The summed E-state index contributed by atoms with van der Waals surface area (Å²) in [6.07, 6.45) is 0.529. The molecule has 0 bridgehead atoms. The Kier molecular flexibility index (Phi) is 5.37. The Labute approximate surface area is 113 Å². The third kappa shape index (κ3) is 3.13. The molecule has 0 radical (unpaired) electrons. The van der Waals surface area contributed by atoms with Crippen LogP contribution in [0, 0.1) is 0 Å². The smallest absolute Gasteiger partial charge is 0.244 e. The normalized spacial score (nSPS) is 32.0. The van der Waals surface area contributed by atoms with Gasteiger partial charge in [0.25, 0.3) is 0 Å². The van der Waals surface area contributed by atoms with Gasteiger partial charge in [0.15, 0.2) is 0 Å². The van der Waals surface area contributed by atoms with E-state index >= 15 is 0 Å². The fourth-order valence-electron chi connectivity index (χ4n) is 2.25. The fourth-order valence-corrected chi connectivity index (χ4v) is 2.25. The van der Waals surface area contributed by atoms with Crippen molar-refractivity contribution in [2.75, 3.05) is 26.7 Å². The second kappa shape index (κ2) is 6.36. The van der Waals surface area contributed by atoms with Crippen LogP contribution in [-0.2, 0) is 14.3 Å². The maximum absolute atomic E-state index is 12.0. The summed E-state index contributed by atoms with van der Waals surface area (Å²) >= 11 is 0. The first kappa shape index (κ1) is 15.2. The van der Waals surface area contributed by atoms with E-state index in [4.69, 9.17) is 4.74 Å². The number of likely N-dealkylation sites (N-methyl/N-ethyl adjacent to an activating group) is 1. The predicted octanol–water partition coefficient (Wildman–Crippen LogP) is -0.868. The minimum atomic E-state index is -0.372. The third-order valence-electron chi connectivity index (χ3n) is 3.34. The van der Waals surface area contributed by atoms with Crippen LogP contribution in [0.2, 0.25) is 0 Å². The van der Waals surface area contributed by atoms with Gasteiger partial charge < -0.3 is 20.3 Å². The molecule has 0 aromatic heterocycles. The van der Waals surface area contributed by atoms with Crippen LogP contribution < -0.4 is 10.6 Å². The highest BCUT2D eigenvalue weighted by atomic mass is 35.5. The molecule has 2 aliphatic rings. The molecule has 0 aromatic rings. The highest BCUT2D eigenvalue weighted by molar-refractivity contribution is 5.91. The predicted molar refractivity (Wildman–Crippen MR) is 68.6 cm³/mol. The number of halogens is 1. The van der Waals surface area contributed by atoms with Gasteiger partial charge in [-0.1, -0.05) is 0 Å². The van der Waals surface area contributed by atoms with E-state index < -0.39 is 0 Å². The molecule has 2 aliphatic heterocycles. The number of morpholine rings is 1. The highest BCUT2D eigenvalue weighted by Crippen LogP contribution is 2.10. The van der Waals surface area contributed by atoms with Crippen LogP contribution >= 0.6 is 12.4 Å². The molecule has 104 valence electrons. The highest BCUT2D eigenvalue weighted by Gasteiger charge is 2.34. The van der Waals surface area contributed by atoms with Crippen LogP contribution in [0.3, 0.4) is 0 Å². The maximum Gasteiger partial charge on any atom is 0.244 e. The summed E-state index contributed by atoms with van der Waals surface area (Å²) in [5, 5.41) is 5.89. The van der Waals surface area contributed by atoms with Gasteiger partial charge in [0.2, 0.25) is 11.8 Å². The lowest BCUT2D eigenvalue weighted by Gasteiger charge is -2.30. The first-order chi connectivity index (χ1) is 8.09. The number of ether oxygens (including phenoxy) is 1. The first-order valence-corrected chi connectivity index (χ1v) is 6.00. The van der Waals surface area contributed by atoms with Gasteiger partial charge in [0.05, 0.1) is 12.7 Å². The van der Waals surface area contributed by atoms with Crippen LogP contribution in [0.4, 0.5) is 0 Å². The second-order valence-corrected chi connectivity index (χ2v) is 4.62. The Morgan fingerprint density at radius 2 is 2.28 bits per heavy atom. The fraction of sp³-hybridized carbons (Fsp3) is 0.818. The first-order valence-electron chi connectivity index (χ1n) is 6.00. The van der Waals surface area contributed by atoms with Crippen LogP contribution in [0.1, 0.15) is 13.3 Å². The molecule has 2 N–H and O–H groups in total. The van der Waals surface area contributed by atoms with Gasteiger partial charge in [-0.3, -0.25) is 9.59 Å². The average molecular weight is 278 g/mol. The van der Waals surface area contributed by atoms with Crippen molar-refractivity contribution in [3.05, 3.63) is 0 Å². The van der Waals surface area contributed by atoms with Crippen molar-refractivity contribution in [3.63, 3.8) is 0 Å². The molecule has 3 atom stereocenters. The van der Waals surface area contributed by atoms with Crippen LogP contribution in [0.15, 0.2) is 0 Å². The van der Waals surface area contributed by atoms with E-state index in [1.54, 1.807) is 11.9 Å². The standard InChI is InChI=1S/C11H19N3O3.ClH/c1-7-9(12-4-6-17-7)10(15)13-8-3-5-14(2)11(8)16;/h7-9,12H,3-6H2,1-2H3,(H,13,15);1H/t7-,8?,9+;/m1./s1. The van der Waals surface area contributed by atoms with Crippen LogP contribution in [0.5, 0.6) is 0 Å². The molecule has 1 unspecified atom stereocenters. The van der Waals surface area contributed by atoms with Crippen molar-refractivity contribution >= 4 is 24.2 Å². The Balaban J connectivity index is 0.00000162. The number of hydrogen-bond acceptors (Lipinski definition) is 4. The lowest BCUT2D eigenvalue weighted by molar-refractivity contribution is -0.135. The molecule has 2 saturated heterocycles. The number of nitrogens with zero attached hydrogens (tertiary/aromatic N) is 1. The number of hydrogen-bond donors (Lipinski definition) is 2. The van der Waals surface area contributed by atoms with Gasteiger partial charge in [-0.15, -0.1) is 12.4 Å². The summed E-state index contributed by atoms with van der Waals surface area (Å²) < 4.78 is 5.41. The number of carbonyl (C=O) groups excluding carboxylic acids is 2. The summed E-state index contributed by atoms with van der Waals surface area (Å²) in [5.41, 5.74) is 0. The number of likely N-dealkylation sites (tertiary alicyclic amines) is 1. The van der Waals surface area contributed by atoms with E-state index in [1.807, 2.05) is 6.92 Å². The zero-order valence-electron chi connectivity index (χ0n) is 10.6. The molecule has 0 saturated carbocycles. The quantitative estimate of drug-likeness (QED) is 0.689. The van der Waals surface area contributed by atoms with Crippen molar-refractivity contribution in [2.45, 2.75) is 31.5 Å². The largest absolute Gasteiger partial charge is 0.375 e. The molecule has 0 aliphatic carbocycles. The average Bonchev–Trinajstić information content (AvgIpc) is 2.61. The molecule has 7 heteroatoms. The maximum atomic E-state index is 12.0. The zero-order chi connectivity index (χ0) is 12.4. The van der Waals surface area contributed by atoms with Gasteiger partial charge in [0, 0.05) is 20.1 Å². The van der Waals surface area contributed by atoms with Gasteiger partial charge >= 0.3 is 0 Å². The molecule has 2 fully saturated rings. The number of rotatable bonds is 2. The van der Waals surface area contributed by atoms with Crippen molar-refractivity contribution in [1.29, 1.82) is 0 Å². The number of carbonyl (C=O) groups is 2. The van der Waals surface area contributed by atoms with Crippen molar-refractivity contribution < 1.29 is 14.3 Å². The second-order valence-electron chi connectivity index (χ2n) is 4.62. The van der Waals surface area contributed by atoms with Gasteiger partial charge in [0.1, 0.15) is 12.1 Å². The summed E-state index contributed by atoms with van der Waals surface area (Å²) in [4.78, 5) is 25.3. The van der Waals surface area contributed by atoms with Crippen molar-refractivity contribution in [2.24, 2.45) is 0 Å². The van der Waals surface area contributed by atoms with Crippen LogP contribution in [-0.4, -0.2) is 61.6 Å². The molecule has 2 rings (SSSR count). The Hall–Kier alpha value is -0.850. The van der Waals surface area contributed by atoms with Crippen LogP contribution in [0.25, 0.3) is 0 Å². The Morgan fingerprint density at radius 3 is 2.83 bits per heavy atom. The monoisotopic (exact) mass is 277 g/mol. The van der Waals surface area contributed by atoms with Gasteiger partial charge in [-0.2, -0.15) is 0 Å². The molecular weight excluding hydrogens is 258 g/mol. The van der Waals surface area contributed by atoms with Crippen molar-refractivity contribution in [1.82, 2.24) is 15.5 Å². The Morgan fingerprint density at radius 1 is 1.56 bits per heavy atom. The topological polar surface area (TPSA) is 70.7 Å². The number of amides is 2. The molecular formula is C11H20ClN3O3. The minimum Gasteiger partial charge on any atom is -0.375 e. The minimum absolute atomic E-state index is 0. The molecule has 0 spiro atoms. The third-order valence-corrected chi connectivity index (χ3v) is 3.34.